The molecule has 1 amide bonds. The summed E-state index contributed by atoms with van der Waals surface area (Å²) in [6.07, 6.45) is 9.44. The Morgan fingerprint density at radius 1 is 1.11 bits per heavy atom. The number of hydrogen-bond donors (Lipinski definition) is 1. The number of rotatable bonds is 5. The molecule has 0 bridgehead atoms. The molecule has 1 saturated carbocycles. The van der Waals surface area contributed by atoms with Gasteiger partial charge in [0.05, 0.1) is 12.2 Å². The van der Waals surface area contributed by atoms with Gasteiger partial charge in [-0.05, 0) is 25.0 Å². The number of hydrogen-bond acceptors (Lipinski definition) is 4. The predicted molar refractivity (Wildman–Crippen MR) is 107 cm³/mol. The molecule has 2 fully saturated rings. The summed E-state index contributed by atoms with van der Waals surface area (Å²) in [6.45, 7) is 3.57. The van der Waals surface area contributed by atoms with Gasteiger partial charge >= 0.3 is 0 Å². The first-order valence-electron chi connectivity index (χ1n) is 10.3. The molecule has 0 radical (unpaired) electrons. The van der Waals surface area contributed by atoms with Crippen molar-refractivity contribution in [2.24, 2.45) is 0 Å². The molecule has 0 atom stereocenters. The van der Waals surface area contributed by atoms with E-state index in [9.17, 15) is 9.18 Å². The van der Waals surface area contributed by atoms with Crippen molar-refractivity contribution in [1.29, 1.82) is 0 Å². The van der Waals surface area contributed by atoms with E-state index in [2.05, 4.69) is 20.1 Å². The number of piperazine rings is 1. The van der Waals surface area contributed by atoms with Crippen LogP contribution in [0.3, 0.4) is 0 Å². The van der Waals surface area contributed by atoms with Crippen molar-refractivity contribution in [3.05, 3.63) is 42.5 Å². The van der Waals surface area contributed by atoms with E-state index in [1.54, 1.807) is 29.1 Å². The van der Waals surface area contributed by atoms with E-state index in [-0.39, 0.29) is 11.7 Å². The van der Waals surface area contributed by atoms with Crippen LogP contribution in [-0.2, 0) is 4.79 Å². The van der Waals surface area contributed by atoms with Gasteiger partial charge in [0, 0.05) is 44.6 Å². The Balaban J connectivity index is 1.32. The van der Waals surface area contributed by atoms with Crippen LogP contribution in [-0.4, -0.2) is 59.1 Å². The van der Waals surface area contributed by atoms with Gasteiger partial charge in [0.2, 0.25) is 11.9 Å². The molecule has 2 aliphatic rings. The second kappa shape index (κ2) is 8.73. The summed E-state index contributed by atoms with van der Waals surface area (Å²) in [5.41, 5.74) is 0.504. The number of carbonyl (C=O) groups is 1. The van der Waals surface area contributed by atoms with Gasteiger partial charge in [0.1, 0.15) is 5.82 Å². The first-order chi connectivity index (χ1) is 13.7. The van der Waals surface area contributed by atoms with E-state index in [1.807, 2.05) is 6.07 Å². The topological polar surface area (TPSA) is 53.4 Å². The van der Waals surface area contributed by atoms with Gasteiger partial charge in [-0.3, -0.25) is 14.3 Å². The lowest BCUT2D eigenvalue weighted by molar-refractivity contribution is -0.123. The second-order valence-electron chi connectivity index (χ2n) is 7.71. The third-order valence-corrected chi connectivity index (χ3v) is 5.73. The molecule has 1 aromatic carbocycles. The van der Waals surface area contributed by atoms with Crippen LogP contribution in [0.2, 0.25) is 0 Å². The average molecular weight is 385 g/mol. The number of aromatic nitrogens is 2. The zero-order valence-corrected chi connectivity index (χ0v) is 16.2. The summed E-state index contributed by atoms with van der Waals surface area (Å²) in [4.78, 5) is 21.1. The molecule has 1 aromatic heterocycles. The summed E-state index contributed by atoms with van der Waals surface area (Å²) >= 11 is 0. The van der Waals surface area contributed by atoms with E-state index < -0.39 is 0 Å². The van der Waals surface area contributed by atoms with Gasteiger partial charge in [0.15, 0.2) is 0 Å². The number of nitrogens with one attached hydrogen (secondary N) is 1. The number of halogens is 1. The maximum absolute atomic E-state index is 14.2. The van der Waals surface area contributed by atoms with Gasteiger partial charge < -0.3 is 10.2 Å². The molecule has 1 saturated heterocycles. The summed E-state index contributed by atoms with van der Waals surface area (Å²) < 4.78 is 16.0. The third kappa shape index (κ3) is 4.35. The minimum absolute atomic E-state index is 0.133. The standard InChI is InChI=1S/C21H28FN5O/c22-18-8-4-5-9-19(18)27-11-10-23-21(27)26-14-12-25(13-15-26)16-20(28)24-17-6-2-1-3-7-17/h4-5,8-11,17H,1-3,6-7,12-16H2,(H,24,28). The number of amides is 1. The van der Waals surface area contributed by atoms with Crippen LogP contribution >= 0.6 is 0 Å². The number of carbonyl (C=O) groups excluding carboxylic acids is 1. The summed E-state index contributed by atoms with van der Waals surface area (Å²) in [5.74, 6) is 0.615. The molecular weight excluding hydrogens is 357 g/mol. The number of benzene rings is 1. The lowest BCUT2D eigenvalue weighted by atomic mass is 9.95. The Hall–Kier alpha value is -2.41. The molecular formula is C21H28FN5O. The monoisotopic (exact) mass is 385 g/mol. The zero-order chi connectivity index (χ0) is 19.3. The largest absolute Gasteiger partial charge is 0.352 e. The normalized spacial score (nSPS) is 19.0. The molecule has 6 nitrogen and oxygen atoms in total. The first kappa shape index (κ1) is 18.9. The first-order valence-corrected chi connectivity index (χ1v) is 10.3. The fraction of sp³-hybridized carbons (Fsp3) is 0.524. The molecule has 0 unspecified atom stereocenters. The highest BCUT2D eigenvalue weighted by molar-refractivity contribution is 5.78. The minimum Gasteiger partial charge on any atom is -0.352 e. The van der Waals surface area contributed by atoms with E-state index in [4.69, 9.17) is 0 Å². The molecule has 28 heavy (non-hydrogen) atoms. The highest BCUT2D eigenvalue weighted by atomic mass is 19.1. The van der Waals surface area contributed by atoms with Crippen molar-refractivity contribution >= 4 is 11.9 Å². The third-order valence-electron chi connectivity index (χ3n) is 5.73. The Labute approximate surface area is 165 Å². The highest BCUT2D eigenvalue weighted by Crippen LogP contribution is 2.22. The van der Waals surface area contributed by atoms with E-state index in [0.717, 1.165) is 45.0 Å². The molecule has 1 aliphatic heterocycles. The van der Waals surface area contributed by atoms with Crippen molar-refractivity contribution in [3.63, 3.8) is 0 Å². The van der Waals surface area contributed by atoms with Crippen LogP contribution < -0.4 is 10.2 Å². The number of para-hydroxylation sites is 1. The maximum Gasteiger partial charge on any atom is 0.234 e. The second-order valence-corrected chi connectivity index (χ2v) is 7.71. The van der Waals surface area contributed by atoms with Crippen molar-refractivity contribution in [2.75, 3.05) is 37.6 Å². The maximum atomic E-state index is 14.2. The summed E-state index contributed by atoms with van der Waals surface area (Å²) in [7, 11) is 0. The van der Waals surface area contributed by atoms with Crippen molar-refractivity contribution < 1.29 is 9.18 Å². The molecule has 150 valence electrons. The van der Waals surface area contributed by atoms with Gasteiger partial charge in [-0.2, -0.15) is 0 Å². The number of anilines is 1. The quantitative estimate of drug-likeness (QED) is 0.860. The van der Waals surface area contributed by atoms with Crippen LogP contribution in [0, 0.1) is 5.82 Å². The van der Waals surface area contributed by atoms with Crippen LogP contribution in [0.4, 0.5) is 10.3 Å². The summed E-state index contributed by atoms with van der Waals surface area (Å²) in [5, 5.41) is 3.19. The van der Waals surface area contributed by atoms with Gasteiger partial charge in [-0.15, -0.1) is 0 Å². The molecule has 4 rings (SSSR count). The van der Waals surface area contributed by atoms with Gasteiger partial charge in [0.25, 0.3) is 0 Å². The molecule has 0 spiro atoms. The average Bonchev–Trinajstić information content (AvgIpc) is 3.19. The van der Waals surface area contributed by atoms with E-state index >= 15 is 0 Å². The fourth-order valence-corrected chi connectivity index (χ4v) is 4.19. The lowest BCUT2D eigenvalue weighted by Crippen LogP contribution is -2.51. The molecule has 2 aromatic rings. The molecule has 7 heteroatoms. The van der Waals surface area contributed by atoms with Gasteiger partial charge in [-0.25, -0.2) is 9.37 Å². The highest BCUT2D eigenvalue weighted by Gasteiger charge is 2.24. The smallest absolute Gasteiger partial charge is 0.234 e. The number of nitrogens with zero attached hydrogens (tertiary/aromatic N) is 4. The minimum atomic E-state index is -0.264. The molecule has 1 N–H and O–H groups in total. The fourth-order valence-electron chi connectivity index (χ4n) is 4.19. The number of imidazole rings is 1. The van der Waals surface area contributed by atoms with Crippen molar-refractivity contribution in [2.45, 2.75) is 38.1 Å². The Kier molecular flexibility index (Phi) is 5.90. The Morgan fingerprint density at radius 2 is 1.86 bits per heavy atom. The zero-order valence-electron chi connectivity index (χ0n) is 16.2. The SMILES string of the molecule is O=C(CN1CCN(c2nccn2-c2ccccc2F)CC1)NC1CCCCC1. The van der Waals surface area contributed by atoms with Crippen molar-refractivity contribution in [1.82, 2.24) is 19.8 Å². The van der Waals surface area contributed by atoms with E-state index in [0.29, 0.717) is 18.3 Å². The van der Waals surface area contributed by atoms with Crippen molar-refractivity contribution in [3.8, 4) is 5.69 Å². The lowest BCUT2D eigenvalue weighted by Gasteiger charge is -2.35. The van der Waals surface area contributed by atoms with Crippen LogP contribution in [0.25, 0.3) is 5.69 Å². The van der Waals surface area contributed by atoms with Gasteiger partial charge in [-0.1, -0.05) is 31.4 Å². The molecule has 1 aliphatic carbocycles. The Morgan fingerprint density at radius 3 is 2.61 bits per heavy atom. The van der Waals surface area contributed by atoms with E-state index in [1.165, 1.54) is 25.3 Å². The molecule has 2 heterocycles. The summed E-state index contributed by atoms with van der Waals surface area (Å²) in [6, 6.07) is 7.09. The van der Waals surface area contributed by atoms with Crippen LogP contribution in [0.15, 0.2) is 36.7 Å². The van der Waals surface area contributed by atoms with Crippen LogP contribution in [0.1, 0.15) is 32.1 Å². The van der Waals surface area contributed by atoms with Crippen LogP contribution in [0.5, 0.6) is 0 Å². The predicted octanol–water partition coefficient (Wildman–Crippen LogP) is 2.58. The Bertz CT molecular complexity index is 794.